The van der Waals surface area contributed by atoms with Crippen LogP contribution in [0.2, 0.25) is 0 Å². The van der Waals surface area contributed by atoms with Gasteiger partial charge in [-0.25, -0.2) is 8.93 Å². The maximum atomic E-state index is 10.9. The van der Waals surface area contributed by atoms with Crippen molar-refractivity contribution in [2.75, 3.05) is 6.26 Å². The smallest absolute Gasteiger partial charge is 0.109 e. The molecule has 2 unspecified atom stereocenters. The van der Waals surface area contributed by atoms with Gasteiger partial charge in [-0.05, 0) is 18.8 Å². The zero-order valence-electron chi connectivity index (χ0n) is 7.95. The molecule has 2 atom stereocenters. The highest BCUT2D eigenvalue weighted by Crippen LogP contribution is 2.26. The summed E-state index contributed by atoms with van der Waals surface area (Å²) in [6.45, 7) is 0. The molecule has 1 saturated carbocycles. The third-order valence-electron chi connectivity index (χ3n) is 2.55. The summed E-state index contributed by atoms with van der Waals surface area (Å²) in [7, 11) is -1.07. The van der Waals surface area contributed by atoms with E-state index in [1.807, 2.05) is 0 Å². The van der Waals surface area contributed by atoms with E-state index in [4.69, 9.17) is 5.26 Å². The highest BCUT2D eigenvalue weighted by atomic mass is 32.2. The van der Waals surface area contributed by atoms with Gasteiger partial charge in [0.05, 0.1) is 17.1 Å². The molecule has 0 aliphatic heterocycles. The highest BCUT2D eigenvalue weighted by molar-refractivity contribution is 7.82. The quantitative estimate of drug-likeness (QED) is 0.747. The first-order valence-electron chi connectivity index (χ1n) is 4.73. The maximum Gasteiger partial charge on any atom is 0.109 e. The summed E-state index contributed by atoms with van der Waals surface area (Å²) < 4.78 is 13.7. The molecular formula is C9H16N2OS. The minimum atomic E-state index is -1.07. The highest BCUT2D eigenvalue weighted by Gasteiger charge is 2.23. The SMILES string of the molecule is CS(=O)NC(C#N)C1CCCCC1. The standard InChI is InChI=1S/C9H16N2OS/c1-13(12)11-9(7-10)8-5-3-2-4-6-8/h8-9,11H,2-6H2,1H3. The Labute approximate surface area is 82.1 Å². The van der Waals surface area contributed by atoms with Gasteiger partial charge < -0.3 is 0 Å². The Balaban J connectivity index is 2.45. The van der Waals surface area contributed by atoms with Crippen molar-refractivity contribution in [2.45, 2.75) is 38.1 Å². The van der Waals surface area contributed by atoms with Crippen molar-refractivity contribution in [3.63, 3.8) is 0 Å². The van der Waals surface area contributed by atoms with E-state index >= 15 is 0 Å². The molecule has 0 spiro atoms. The molecule has 0 aromatic carbocycles. The summed E-state index contributed by atoms with van der Waals surface area (Å²) >= 11 is 0. The molecule has 1 N–H and O–H groups in total. The van der Waals surface area contributed by atoms with Crippen LogP contribution in [-0.2, 0) is 11.0 Å². The summed E-state index contributed by atoms with van der Waals surface area (Å²) in [5.41, 5.74) is 0. The number of rotatable bonds is 3. The fraction of sp³-hybridized carbons (Fsp3) is 0.889. The van der Waals surface area contributed by atoms with Crippen LogP contribution in [0.4, 0.5) is 0 Å². The lowest BCUT2D eigenvalue weighted by Crippen LogP contribution is -2.36. The van der Waals surface area contributed by atoms with Gasteiger partial charge in [0.15, 0.2) is 0 Å². The molecule has 0 radical (unpaired) electrons. The second kappa shape index (κ2) is 5.36. The first kappa shape index (κ1) is 10.7. The molecule has 13 heavy (non-hydrogen) atoms. The molecule has 0 saturated heterocycles. The Hall–Kier alpha value is -0.400. The second-order valence-corrected chi connectivity index (χ2v) is 4.72. The lowest BCUT2D eigenvalue weighted by molar-refractivity contribution is 0.326. The van der Waals surface area contributed by atoms with Crippen LogP contribution in [0.25, 0.3) is 0 Å². The summed E-state index contributed by atoms with van der Waals surface area (Å²) in [6, 6.07) is 1.98. The molecule has 0 bridgehead atoms. The molecule has 1 fully saturated rings. The van der Waals surface area contributed by atoms with E-state index < -0.39 is 11.0 Å². The maximum absolute atomic E-state index is 10.9. The van der Waals surface area contributed by atoms with Gasteiger partial charge in [0, 0.05) is 6.26 Å². The molecular weight excluding hydrogens is 184 g/mol. The van der Waals surface area contributed by atoms with Crippen molar-refractivity contribution in [1.29, 1.82) is 5.26 Å². The van der Waals surface area contributed by atoms with E-state index in [1.54, 1.807) is 6.26 Å². The summed E-state index contributed by atoms with van der Waals surface area (Å²) in [5.74, 6) is 0.405. The lowest BCUT2D eigenvalue weighted by atomic mass is 9.85. The lowest BCUT2D eigenvalue weighted by Gasteiger charge is -2.25. The van der Waals surface area contributed by atoms with Crippen molar-refractivity contribution in [1.82, 2.24) is 4.72 Å². The predicted molar refractivity (Wildman–Crippen MR) is 53.2 cm³/mol. The van der Waals surface area contributed by atoms with Crippen molar-refractivity contribution in [3.8, 4) is 6.07 Å². The number of hydrogen-bond donors (Lipinski definition) is 1. The van der Waals surface area contributed by atoms with Crippen LogP contribution in [0.1, 0.15) is 32.1 Å². The van der Waals surface area contributed by atoms with Gasteiger partial charge in [-0.2, -0.15) is 5.26 Å². The number of nitrogens with one attached hydrogen (secondary N) is 1. The molecule has 0 aromatic rings. The van der Waals surface area contributed by atoms with Crippen LogP contribution < -0.4 is 4.72 Å². The molecule has 0 amide bonds. The second-order valence-electron chi connectivity index (χ2n) is 3.58. The molecule has 1 aliphatic rings. The minimum absolute atomic E-state index is 0.217. The third-order valence-corrected chi connectivity index (χ3v) is 3.14. The minimum Gasteiger partial charge on any atom is -0.243 e. The van der Waals surface area contributed by atoms with Crippen molar-refractivity contribution in [2.24, 2.45) is 5.92 Å². The summed E-state index contributed by atoms with van der Waals surface area (Å²) in [6.07, 6.45) is 7.48. The fourth-order valence-electron chi connectivity index (χ4n) is 1.87. The Morgan fingerprint density at radius 3 is 2.54 bits per heavy atom. The monoisotopic (exact) mass is 200 g/mol. The van der Waals surface area contributed by atoms with Gasteiger partial charge in [-0.3, -0.25) is 0 Å². The van der Waals surface area contributed by atoms with Crippen LogP contribution in [0, 0.1) is 17.2 Å². The molecule has 74 valence electrons. The van der Waals surface area contributed by atoms with Crippen LogP contribution >= 0.6 is 0 Å². The Morgan fingerprint density at radius 1 is 1.46 bits per heavy atom. The van der Waals surface area contributed by atoms with E-state index in [0.29, 0.717) is 5.92 Å². The van der Waals surface area contributed by atoms with Gasteiger partial charge >= 0.3 is 0 Å². The fourth-order valence-corrected chi connectivity index (χ4v) is 2.48. The molecule has 3 nitrogen and oxygen atoms in total. The van der Waals surface area contributed by atoms with Crippen LogP contribution in [0.15, 0.2) is 0 Å². The Bertz CT molecular complexity index is 218. The van der Waals surface area contributed by atoms with Gasteiger partial charge in [0.1, 0.15) is 6.04 Å². The van der Waals surface area contributed by atoms with Crippen molar-refractivity contribution >= 4 is 11.0 Å². The van der Waals surface area contributed by atoms with Gasteiger partial charge in [0.25, 0.3) is 0 Å². The van der Waals surface area contributed by atoms with Gasteiger partial charge in [0.2, 0.25) is 0 Å². The molecule has 4 heteroatoms. The first-order chi connectivity index (χ1) is 6.24. The Kier molecular flexibility index (Phi) is 4.40. The average Bonchev–Trinajstić information content (AvgIpc) is 2.15. The van der Waals surface area contributed by atoms with E-state index in [-0.39, 0.29) is 6.04 Å². The van der Waals surface area contributed by atoms with E-state index in [0.717, 1.165) is 12.8 Å². The zero-order chi connectivity index (χ0) is 9.68. The van der Waals surface area contributed by atoms with Crippen molar-refractivity contribution in [3.05, 3.63) is 0 Å². The molecule has 0 aromatic heterocycles. The average molecular weight is 200 g/mol. The molecule has 1 rings (SSSR count). The predicted octanol–water partition coefficient (Wildman–Crippen LogP) is 1.34. The van der Waals surface area contributed by atoms with Gasteiger partial charge in [-0.1, -0.05) is 19.3 Å². The van der Waals surface area contributed by atoms with E-state index in [9.17, 15) is 4.21 Å². The normalized spacial score (nSPS) is 23.4. The summed E-state index contributed by atoms with van der Waals surface area (Å²) in [4.78, 5) is 0. The largest absolute Gasteiger partial charge is 0.243 e. The van der Waals surface area contributed by atoms with Crippen LogP contribution in [0.5, 0.6) is 0 Å². The number of nitrogens with zero attached hydrogens (tertiary/aromatic N) is 1. The van der Waals surface area contributed by atoms with Crippen LogP contribution in [-0.4, -0.2) is 16.5 Å². The van der Waals surface area contributed by atoms with Crippen LogP contribution in [0.3, 0.4) is 0 Å². The molecule has 1 aliphatic carbocycles. The van der Waals surface area contributed by atoms with Crippen molar-refractivity contribution < 1.29 is 4.21 Å². The first-order valence-corrected chi connectivity index (χ1v) is 6.29. The number of nitriles is 1. The van der Waals surface area contributed by atoms with E-state index in [1.165, 1.54) is 19.3 Å². The zero-order valence-corrected chi connectivity index (χ0v) is 8.77. The van der Waals surface area contributed by atoms with Gasteiger partial charge in [-0.15, -0.1) is 0 Å². The topological polar surface area (TPSA) is 52.9 Å². The third kappa shape index (κ3) is 3.45. The Morgan fingerprint density at radius 2 is 2.08 bits per heavy atom. The summed E-state index contributed by atoms with van der Waals surface area (Å²) in [5, 5.41) is 8.88. The number of hydrogen-bond acceptors (Lipinski definition) is 2. The van der Waals surface area contributed by atoms with E-state index in [2.05, 4.69) is 10.8 Å². The molecule has 0 heterocycles.